The van der Waals surface area contributed by atoms with E-state index in [4.69, 9.17) is 9.30 Å². The van der Waals surface area contributed by atoms with Gasteiger partial charge in [-0.3, -0.25) is 0 Å². The van der Waals surface area contributed by atoms with Crippen LogP contribution in [0.4, 0.5) is 0 Å². The van der Waals surface area contributed by atoms with E-state index >= 15 is 0 Å². The van der Waals surface area contributed by atoms with Gasteiger partial charge in [0.05, 0.1) is 6.71 Å². The summed E-state index contributed by atoms with van der Waals surface area (Å²) < 4.78 is 9.75. The largest absolute Gasteiger partial charge is 4.00 e. The predicted molar refractivity (Wildman–Crippen MR) is 200 cm³/mol. The summed E-state index contributed by atoms with van der Waals surface area (Å²) in [7, 11) is -4.19. The summed E-state index contributed by atoms with van der Waals surface area (Å²) in [5.41, 5.74) is 4.87. The van der Waals surface area contributed by atoms with Gasteiger partial charge >= 0.3 is 21.7 Å². The Morgan fingerprint density at radius 1 is 0.714 bits per heavy atom. The standard InChI is InChI=1S/C22H25B.C6H16NSi2.C6H18NSi2.Ti/c1-4-21(17-19-13-9-7-10-14-19)22(23(5-2)6-3)18-20-15-11-8-12-16-20;1-8(2)5-6-9(3,4)7-8;1-8(2,3)7-9(4,5)6;/h7-16H,4-6H2,1-3H3;5-6H2,1-4H3;1-6H3;/q-2;2*-1;+4. The van der Waals surface area contributed by atoms with Crippen molar-refractivity contribution in [2.45, 2.75) is 117 Å². The molecular formula is C34H59BN2Si4Ti. The molecule has 228 valence electrons. The topological polar surface area (TPSA) is 28.2 Å². The second-order valence-electron chi connectivity index (χ2n) is 14.4. The second-order valence-corrected chi connectivity index (χ2v) is 33.2. The smallest absolute Gasteiger partial charge is 0.668 e. The minimum atomic E-state index is -1.11. The van der Waals surface area contributed by atoms with Crippen LogP contribution in [0.3, 0.4) is 0 Å². The van der Waals surface area contributed by atoms with Crippen molar-refractivity contribution in [1.82, 2.24) is 0 Å². The third-order valence-electron chi connectivity index (χ3n) is 6.82. The van der Waals surface area contributed by atoms with E-state index in [0.29, 0.717) is 6.71 Å². The first kappa shape index (κ1) is 41.5. The van der Waals surface area contributed by atoms with Gasteiger partial charge in [0.25, 0.3) is 0 Å². The Labute approximate surface area is 281 Å². The van der Waals surface area contributed by atoms with Crippen LogP contribution in [0.5, 0.6) is 0 Å². The van der Waals surface area contributed by atoms with Crippen LogP contribution in [0.1, 0.15) is 38.3 Å². The Bertz CT molecular complexity index is 1050. The van der Waals surface area contributed by atoms with Crippen molar-refractivity contribution in [3.63, 3.8) is 0 Å². The van der Waals surface area contributed by atoms with E-state index in [9.17, 15) is 0 Å². The molecule has 1 saturated heterocycles. The summed E-state index contributed by atoms with van der Waals surface area (Å²) in [6.07, 6.45) is 10.5. The summed E-state index contributed by atoms with van der Waals surface area (Å²) in [5.74, 6) is 0. The van der Waals surface area contributed by atoms with E-state index in [0.717, 1.165) is 30.2 Å². The van der Waals surface area contributed by atoms with Crippen molar-refractivity contribution in [2.24, 2.45) is 0 Å². The van der Waals surface area contributed by atoms with Crippen LogP contribution in [-0.2, 0) is 21.7 Å². The van der Waals surface area contributed by atoms with Gasteiger partial charge in [-0.25, -0.2) is 11.0 Å². The fraction of sp³-hybridized carbons (Fsp3) is 0.529. The molecule has 0 aliphatic carbocycles. The maximum atomic E-state index is 4.93. The predicted octanol–water partition coefficient (Wildman–Crippen LogP) is 11.8. The summed E-state index contributed by atoms with van der Waals surface area (Å²) in [5, 5.41) is 0. The van der Waals surface area contributed by atoms with E-state index in [1.54, 1.807) is 0 Å². The normalized spacial score (nSPS) is 16.3. The zero-order chi connectivity index (χ0) is 31.3. The number of allylic oxidation sites excluding steroid dienone is 2. The minimum Gasteiger partial charge on any atom is -0.668 e. The fourth-order valence-electron chi connectivity index (χ4n) is 5.39. The Balaban J connectivity index is 0.000000729. The van der Waals surface area contributed by atoms with Gasteiger partial charge in [0.1, 0.15) is 0 Å². The Morgan fingerprint density at radius 3 is 1.36 bits per heavy atom. The summed E-state index contributed by atoms with van der Waals surface area (Å²) in [4.78, 5) is 0. The molecule has 8 heteroatoms. The molecule has 0 unspecified atom stereocenters. The summed E-state index contributed by atoms with van der Waals surface area (Å²) in [6, 6.07) is 23.7. The average Bonchev–Trinajstić information content (AvgIpc) is 3.13. The van der Waals surface area contributed by atoms with Gasteiger partial charge in [-0.2, -0.15) is 23.3 Å². The Kier molecular flexibility index (Phi) is 18.9. The zero-order valence-corrected chi connectivity index (χ0v) is 34.8. The molecule has 1 aliphatic heterocycles. The minimum absolute atomic E-state index is 0. The monoisotopic (exact) mass is 666 g/mol. The molecule has 1 heterocycles. The Hall–Kier alpha value is -0.513. The molecule has 3 rings (SSSR count). The Morgan fingerprint density at radius 2 is 1.10 bits per heavy atom. The molecule has 42 heavy (non-hydrogen) atoms. The SMILES string of the molecule is CCB(CC)C(=[C-]c1ccccc1)C(=[C-]c1ccccc1)CC.C[Si](C)(C)[N-][Si](C)(C)C.C[Si]1(C)CC[Si](C)(C)[N-]1.[Ti+4]. The zero-order valence-electron chi connectivity index (χ0n) is 29.3. The molecule has 0 radical (unpaired) electrons. The molecule has 0 bridgehead atoms. The van der Waals surface area contributed by atoms with E-state index in [2.05, 4.69) is 153 Å². The van der Waals surface area contributed by atoms with Crippen LogP contribution in [0.2, 0.25) is 90.2 Å². The number of benzene rings is 2. The molecule has 1 fully saturated rings. The molecule has 0 spiro atoms. The van der Waals surface area contributed by atoms with Crippen LogP contribution >= 0.6 is 0 Å². The van der Waals surface area contributed by atoms with Crippen molar-refractivity contribution < 1.29 is 21.7 Å². The van der Waals surface area contributed by atoms with Gasteiger partial charge in [-0.05, 0) is 0 Å². The van der Waals surface area contributed by atoms with Crippen LogP contribution in [0, 0.1) is 12.2 Å². The van der Waals surface area contributed by atoms with Crippen molar-refractivity contribution in [1.29, 1.82) is 0 Å². The van der Waals surface area contributed by atoms with Crippen molar-refractivity contribution in [3.05, 3.63) is 104 Å². The third kappa shape index (κ3) is 18.3. The van der Waals surface area contributed by atoms with Crippen LogP contribution < -0.4 is 0 Å². The fourth-order valence-corrected chi connectivity index (χ4v) is 25.8. The first-order valence-corrected chi connectivity index (χ1v) is 29.0. The number of nitrogens with zero attached hydrogens (tertiary/aromatic N) is 2. The molecule has 0 atom stereocenters. The third-order valence-corrected chi connectivity index (χ3v) is 20.5. The molecule has 0 amide bonds. The molecule has 2 aromatic carbocycles. The van der Waals surface area contributed by atoms with E-state index in [1.165, 1.54) is 23.1 Å². The number of hydrogen-bond acceptors (Lipinski definition) is 0. The van der Waals surface area contributed by atoms with Gasteiger partial charge in [-0.1, -0.05) is 162 Å². The van der Waals surface area contributed by atoms with Crippen LogP contribution in [0.15, 0.2) is 71.7 Å². The molecule has 2 aromatic rings. The summed E-state index contributed by atoms with van der Waals surface area (Å²) >= 11 is 0. The van der Waals surface area contributed by atoms with Gasteiger partial charge < -0.3 is 9.30 Å². The molecule has 0 saturated carbocycles. The molecule has 0 aromatic heterocycles. The number of rotatable bonds is 9. The maximum Gasteiger partial charge on any atom is 4.00 e. The first-order chi connectivity index (χ1) is 18.9. The van der Waals surface area contributed by atoms with Crippen LogP contribution in [-0.4, -0.2) is 39.7 Å². The van der Waals surface area contributed by atoms with Crippen LogP contribution in [0.25, 0.3) is 9.30 Å². The average molecular weight is 667 g/mol. The first-order valence-electron chi connectivity index (χ1n) is 15.8. The number of hydrogen-bond donors (Lipinski definition) is 0. The maximum absolute atomic E-state index is 4.93. The van der Waals surface area contributed by atoms with Crippen molar-refractivity contribution in [2.75, 3.05) is 0 Å². The molecular weight excluding hydrogens is 607 g/mol. The van der Waals surface area contributed by atoms with E-state index in [1.807, 2.05) is 6.07 Å². The van der Waals surface area contributed by atoms with Crippen molar-refractivity contribution in [3.8, 4) is 0 Å². The van der Waals surface area contributed by atoms with Gasteiger partial charge in [0.2, 0.25) is 0 Å². The quantitative estimate of drug-likeness (QED) is 0.145. The summed E-state index contributed by atoms with van der Waals surface area (Å²) in [6.45, 7) is 30.6. The second kappa shape index (κ2) is 19.1. The van der Waals surface area contributed by atoms with E-state index in [-0.39, 0.29) is 21.7 Å². The van der Waals surface area contributed by atoms with Gasteiger partial charge in [0.15, 0.2) is 0 Å². The molecule has 2 nitrogen and oxygen atoms in total. The van der Waals surface area contributed by atoms with E-state index < -0.39 is 32.9 Å². The van der Waals surface area contributed by atoms with Gasteiger partial charge in [0, 0.05) is 0 Å². The molecule has 1 aliphatic rings. The van der Waals surface area contributed by atoms with Crippen molar-refractivity contribution >= 4 is 39.7 Å². The van der Waals surface area contributed by atoms with Gasteiger partial charge in [-0.15, -0.1) is 48.5 Å². The molecule has 0 N–H and O–H groups in total.